The summed E-state index contributed by atoms with van der Waals surface area (Å²) in [5.41, 5.74) is 0.654. The molecule has 1 aromatic carbocycles. The molecule has 25 heavy (non-hydrogen) atoms. The maximum absolute atomic E-state index is 12.8. The number of esters is 1. The van der Waals surface area contributed by atoms with Gasteiger partial charge in [-0.2, -0.15) is 4.98 Å². The number of aryl methyl sites for hydroxylation is 1. The Balaban J connectivity index is 2.16. The van der Waals surface area contributed by atoms with Gasteiger partial charge in [-0.15, -0.1) is 0 Å². The summed E-state index contributed by atoms with van der Waals surface area (Å²) in [6, 6.07) is 5.21. The normalized spacial score (nSPS) is 11.5. The Labute approximate surface area is 145 Å². The van der Waals surface area contributed by atoms with Crippen LogP contribution in [-0.4, -0.2) is 36.3 Å². The van der Waals surface area contributed by atoms with Gasteiger partial charge in [-0.25, -0.2) is 23.6 Å². The van der Waals surface area contributed by atoms with E-state index in [-0.39, 0.29) is 12.2 Å². The van der Waals surface area contributed by atoms with Crippen LogP contribution in [-0.2, 0) is 4.74 Å². The highest BCUT2D eigenvalue weighted by Gasteiger charge is 2.19. The van der Waals surface area contributed by atoms with Crippen LogP contribution < -0.4 is 5.56 Å². The smallest absolute Gasteiger partial charge is 0.345 e. The number of carbonyl (C=O) groups excluding carboxylic acids is 1. The minimum atomic E-state index is -0.715. The van der Waals surface area contributed by atoms with Crippen molar-refractivity contribution in [3.8, 4) is 0 Å². The summed E-state index contributed by atoms with van der Waals surface area (Å²) in [4.78, 5) is 37.8. The van der Waals surface area contributed by atoms with Crippen LogP contribution >= 0.6 is 11.6 Å². The second-order valence-electron chi connectivity index (χ2n) is 5.37. The van der Waals surface area contributed by atoms with Gasteiger partial charge in [0, 0.05) is 5.02 Å². The van der Waals surface area contributed by atoms with E-state index in [0.717, 1.165) is 0 Å². The second-order valence-corrected chi connectivity index (χ2v) is 5.81. The number of imidazole rings is 1. The van der Waals surface area contributed by atoms with Gasteiger partial charge in [0.25, 0.3) is 5.56 Å². The number of fused-ring (bicyclic) bond motifs is 5. The molecule has 0 saturated heterocycles. The average molecular weight is 358 g/mol. The Kier molecular flexibility index (Phi) is 3.43. The summed E-state index contributed by atoms with van der Waals surface area (Å²) in [6.07, 6.45) is 1.21. The lowest BCUT2D eigenvalue weighted by molar-refractivity contribution is 0.0523. The van der Waals surface area contributed by atoms with Gasteiger partial charge in [0.1, 0.15) is 11.4 Å². The fraction of sp³-hybridized carbons (Fsp3) is 0.188. The predicted molar refractivity (Wildman–Crippen MR) is 91.2 cm³/mol. The third kappa shape index (κ3) is 2.25. The van der Waals surface area contributed by atoms with Crippen molar-refractivity contribution < 1.29 is 9.53 Å². The molecule has 0 unspecified atom stereocenters. The molecule has 126 valence electrons. The lowest BCUT2D eigenvalue weighted by atomic mass is 10.3. The Morgan fingerprint density at radius 2 is 2.08 bits per heavy atom. The minimum Gasteiger partial charge on any atom is -0.462 e. The summed E-state index contributed by atoms with van der Waals surface area (Å²) in [5.74, 6) is 0.343. The molecule has 9 heteroatoms. The molecule has 0 fully saturated rings. The van der Waals surface area contributed by atoms with Crippen molar-refractivity contribution in [2.75, 3.05) is 6.61 Å². The molecule has 0 saturated carbocycles. The number of nitrogens with zero attached hydrogens (tertiary/aromatic N) is 5. The first kappa shape index (κ1) is 15.5. The molecule has 3 heterocycles. The number of benzene rings is 1. The van der Waals surface area contributed by atoms with E-state index in [9.17, 15) is 9.59 Å². The molecule has 8 nitrogen and oxygen atoms in total. The van der Waals surface area contributed by atoms with E-state index < -0.39 is 11.5 Å². The van der Waals surface area contributed by atoms with E-state index >= 15 is 0 Å². The Bertz CT molecular complexity index is 1230. The number of hydrogen-bond donors (Lipinski definition) is 0. The van der Waals surface area contributed by atoms with Crippen molar-refractivity contribution >= 4 is 40.2 Å². The highest BCUT2D eigenvalue weighted by molar-refractivity contribution is 6.31. The Morgan fingerprint density at radius 3 is 2.84 bits per heavy atom. The zero-order chi connectivity index (χ0) is 17.7. The Morgan fingerprint density at radius 1 is 1.28 bits per heavy atom. The van der Waals surface area contributed by atoms with Crippen LogP contribution in [0.1, 0.15) is 23.1 Å². The van der Waals surface area contributed by atoms with Crippen LogP contribution in [0.15, 0.2) is 29.2 Å². The highest BCUT2D eigenvalue weighted by atomic mass is 35.5. The first-order chi connectivity index (χ1) is 12.0. The predicted octanol–water partition coefficient (Wildman–Crippen LogP) is 2.03. The van der Waals surface area contributed by atoms with Crippen molar-refractivity contribution in [1.29, 1.82) is 0 Å². The summed E-state index contributed by atoms with van der Waals surface area (Å²) in [6.45, 7) is 3.49. The molecule has 3 aromatic heterocycles. The topological polar surface area (TPSA) is 90.9 Å². The molecule has 0 radical (unpaired) electrons. The van der Waals surface area contributed by atoms with Crippen LogP contribution in [0.4, 0.5) is 0 Å². The highest BCUT2D eigenvalue weighted by Crippen LogP contribution is 2.21. The molecular formula is C16H12ClN5O3. The first-order valence-corrected chi connectivity index (χ1v) is 7.92. The van der Waals surface area contributed by atoms with Crippen LogP contribution in [0.2, 0.25) is 5.02 Å². The van der Waals surface area contributed by atoms with E-state index in [1.165, 1.54) is 10.6 Å². The molecule has 4 rings (SSSR count). The SMILES string of the molecule is CCOC(=O)c1cnc2n(c(C)nc3nc4ccc(Cl)cc4n32)c1=O. The van der Waals surface area contributed by atoms with Gasteiger partial charge in [-0.05, 0) is 32.0 Å². The van der Waals surface area contributed by atoms with Crippen LogP contribution in [0.25, 0.3) is 22.6 Å². The molecule has 0 bridgehead atoms. The number of halogens is 1. The molecule has 0 aliphatic carbocycles. The van der Waals surface area contributed by atoms with Crippen LogP contribution in [0, 0.1) is 6.92 Å². The molecule has 0 atom stereocenters. The van der Waals surface area contributed by atoms with Gasteiger partial charge in [-0.1, -0.05) is 11.6 Å². The van der Waals surface area contributed by atoms with Crippen LogP contribution in [0.3, 0.4) is 0 Å². The maximum atomic E-state index is 12.8. The average Bonchev–Trinajstić information content (AvgIpc) is 2.92. The van der Waals surface area contributed by atoms with E-state index in [0.29, 0.717) is 33.4 Å². The summed E-state index contributed by atoms with van der Waals surface area (Å²) < 4.78 is 7.80. The zero-order valence-electron chi connectivity index (χ0n) is 13.4. The first-order valence-electron chi connectivity index (χ1n) is 7.54. The number of hydrogen-bond acceptors (Lipinski definition) is 6. The molecule has 0 aliphatic rings. The molecular weight excluding hydrogens is 346 g/mol. The Hall–Kier alpha value is -3.00. The molecule has 0 spiro atoms. The van der Waals surface area contributed by atoms with E-state index in [1.54, 1.807) is 36.4 Å². The van der Waals surface area contributed by atoms with Gasteiger partial charge in [0.2, 0.25) is 11.6 Å². The summed E-state index contributed by atoms with van der Waals surface area (Å²) >= 11 is 6.08. The van der Waals surface area contributed by atoms with Crippen molar-refractivity contribution in [3.63, 3.8) is 0 Å². The molecule has 4 aromatic rings. The van der Waals surface area contributed by atoms with E-state index in [1.807, 2.05) is 0 Å². The molecule has 0 aliphatic heterocycles. The fourth-order valence-electron chi connectivity index (χ4n) is 2.75. The van der Waals surface area contributed by atoms with Crippen molar-refractivity contribution in [2.45, 2.75) is 13.8 Å². The van der Waals surface area contributed by atoms with Gasteiger partial charge < -0.3 is 4.74 Å². The third-order valence-corrected chi connectivity index (χ3v) is 4.06. The largest absolute Gasteiger partial charge is 0.462 e. The summed E-state index contributed by atoms with van der Waals surface area (Å²) in [5, 5.41) is 0.526. The van der Waals surface area contributed by atoms with Gasteiger partial charge in [0.15, 0.2) is 0 Å². The van der Waals surface area contributed by atoms with Crippen molar-refractivity contribution in [1.82, 2.24) is 23.8 Å². The number of carbonyl (C=O) groups is 1. The lowest BCUT2D eigenvalue weighted by Gasteiger charge is -2.08. The fourth-order valence-corrected chi connectivity index (χ4v) is 2.91. The molecule has 0 amide bonds. The lowest BCUT2D eigenvalue weighted by Crippen LogP contribution is -2.27. The van der Waals surface area contributed by atoms with Crippen LogP contribution in [0.5, 0.6) is 0 Å². The number of aromatic nitrogens is 5. The van der Waals surface area contributed by atoms with E-state index in [2.05, 4.69) is 15.0 Å². The van der Waals surface area contributed by atoms with Crippen molar-refractivity contribution in [2.24, 2.45) is 0 Å². The standard InChI is InChI=1S/C16H12ClN5O3/c1-3-25-14(24)10-7-18-16-21(13(10)23)8(2)19-15-20-11-5-4-9(17)6-12(11)22(15)16/h4-7H,3H2,1-2H3. The minimum absolute atomic E-state index is 0.147. The number of rotatable bonds is 2. The van der Waals surface area contributed by atoms with E-state index in [4.69, 9.17) is 16.3 Å². The maximum Gasteiger partial charge on any atom is 0.345 e. The van der Waals surface area contributed by atoms with Crippen molar-refractivity contribution in [3.05, 3.63) is 51.2 Å². The quantitative estimate of drug-likeness (QED) is 0.510. The van der Waals surface area contributed by atoms with Gasteiger partial charge in [-0.3, -0.25) is 4.79 Å². The molecule has 0 N–H and O–H groups in total. The second kappa shape index (κ2) is 5.52. The zero-order valence-corrected chi connectivity index (χ0v) is 14.1. The monoisotopic (exact) mass is 357 g/mol. The van der Waals surface area contributed by atoms with Gasteiger partial charge >= 0.3 is 5.97 Å². The number of ether oxygens (including phenoxy) is 1. The summed E-state index contributed by atoms with van der Waals surface area (Å²) in [7, 11) is 0. The van der Waals surface area contributed by atoms with Gasteiger partial charge in [0.05, 0.1) is 23.8 Å². The third-order valence-electron chi connectivity index (χ3n) is 3.82.